The molecule has 0 saturated carbocycles. The molecule has 34 heavy (non-hydrogen) atoms. The van der Waals surface area contributed by atoms with Crippen LogP contribution in [0.1, 0.15) is 96.2 Å². The van der Waals surface area contributed by atoms with Gasteiger partial charge in [0, 0.05) is 25.8 Å². The van der Waals surface area contributed by atoms with Crippen molar-refractivity contribution in [3.8, 4) is 0 Å². The number of fused-ring (bicyclic) bond motifs is 2. The van der Waals surface area contributed by atoms with E-state index in [1.807, 2.05) is 11.8 Å². The first-order chi connectivity index (χ1) is 16.0. The van der Waals surface area contributed by atoms with Crippen molar-refractivity contribution in [3.05, 3.63) is 48.0 Å². The number of carbonyl (C=O) groups excluding carboxylic acids is 1. The van der Waals surface area contributed by atoms with E-state index in [1.54, 1.807) is 0 Å². The molecule has 0 bridgehead atoms. The number of hydrogen-bond acceptors (Lipinski definition) is 2. The van der Waals surface area contributed by atoms with Crippen molar-refractivity contribution in [2.75, 3.05) is 26.2 Å². The number of carbonyl (C=O) groups is 1. The van der Waals surface area contributed by atoms with Gasteiger partial charge in [-0.3, -0.25) is 4.79 Å². The highest BCUT2D eigenvalue weighted by molar-refractivity contribution is 5.77. The Kier molecular flexibility index (Phi) is 8.60. The summed E-state index contributed by atoms with van der Waals surface area (Å²) in [6, 6.07) is 8.56. The van der Waals surface area contributed by atoms with Crippen LogP contribution in [0.15, 0.2) is 36.9 Å². The predicted octanol–water partition coefficient (Wildman–Crippen LogP) is 7.13. The highest BCUT2D eigenvalue weighted by Gasteiger charge is 2.43. The van der Waals surface area contributed by atoms with Crippen molar-refractivity contribution in [1.82, 2.24) is 9.80 Å². The normalized spacial score (nSPS) is 20.7. The Morgan fingerprint density at radius 1 is 1.18 bits per heavy atom. The molecular formula is C29H44F2N2O. The minimum Gasteiger partial charge on any atom is -0.336 e. The van der Waals surface area contributed by atoms with Gasteiger partial charge in [-0.25, -0.2) is 8.78 Å². The van der Waals surface area contributed by atoms with Gasteiger partial charge in [-0.1, -0.05) is 51.1 Å². The lowest BCUT2D eigenvalue weighted by molar-refractivity contribution is -0.136. The van der Waals surface area contributed by atoms with Gasteiger partial charge in [0.25, 0.3) is 5.92 Å². The van der Waals surface area contributed by atoms with Crippen LogP contribution in [-0.2, 0) is 10.2 Å². The summed E-state index contributed by atoms with van der Waals surface area (Å²) in [5, 5.41) is 0. The second-order valence-corrected chi connectivity index (χ2v) is 11.6. The Balaban J connectivity index is 1.72. The number of nitrogens with zero attached hydrogens (tertiary/aromatic N) is 2. The van der Waals surface area contributed by atoms with E-state index in [1.165, 1.54) is 23.6 Å². The van der Waals surface area contributed by atoms with E-state index in [-0.39, 0.29) is 30.2 Å². The van der Waals surface area contributed by atoms with Gasteiger partial charge in [-0.15, -0.1) is 6.58 Å². The van der Waals surface area contributed by atoms with Gasteiger partial charge in [0.2, 0.25) is 5.91 Å². The summed E-state index contributed by atoms with van der Waals surface area (Å²) in [6.45, 7) is 16.2. The molecule has 1 spiro atoms. The Morgan fingerprint density at radius 2 is 1.85 bits per heavy atom. The quantitative estimate of drug-likeness (QED) is 0.355. The molecule has 1 fully saturated rings. The smallest absolute Gasteiger partial charge is 0.252 e. The minimum atomic E-state index is -2.87. The summed E-state index contributed by atoms with van der Waals surface area (Å²) in [4.78, 5) is 17.5. The fourth-order valence-electron chi connectivity index (χ4n) is 5.83. The summed E-state index contributed by atoms with van der Waals surface area (Å²) >= 11 is 0. The van der Waals surface area contributed by atoms with Crippen LogP contribution in [0.2, 0.25) is 0 Å². The fraction of sp³-hybridized carbons (Fsp3) is 0.690. The van der Waals surface area contributed by atoms with E-state index < -0.39 is 12.3 Å². The number of allylic oxidation sites excluding steroid dienone is 1. The molecule has 1 aliphatic heterocycles. The van der Waals surface area contributed by atoms with E-state index in [0.29, 0.717) is 12.0 Å². The first kappa shape index (κ1) is 26.8. The summed E-state index contributed by atoms with van der Waals surface area (Å²) in [7, 11) is 0. The van der Waals surface area contributed by atoms with Crippen molar-refractivity contribution in [1.29, 1.82) is 0 Å². The third-order valence-corrected chi connectivity index (χ3v) is 7.96. The summed E-state index contributed by atoms with van der Waals surface area (Å²) < 4.78 is 28.0. The van der Waals surface area contributed by atoms with Crippen LogP contribution in [0.4, 0.5) is 8.78 Å². The van der Waals surface area contributed by atoms with Crippen molar-refractivity contribution < 1.29 is 13.6 Å². The van der Waals surface area contributed by atoms with Gasteiger partial charge >= 0.3 is 0 Å². The van der Waals surface area contributed by atoms with Gasteiger partial charge in [0.05, 0.1) is 6.04 Å². The maximum absolute atomic E-state index is 14.0. The number of amides is 1. The van der Waals surface area contributed by atoms with E-state index in [0.717, 1.165) is 45.3 Å². The van der Waals surface area contributed by atoms with Crippen LogP contribution in [0.3, 0.4) is 0 Å². The lowest BCUT2D eigenvalue weighted by atomic mass is 9.63. The SMILES string of the molecule is C=CCC(F)(F)CCC(=O)N(CC)[C@H]1CCC2(CCN(CCC(C)(C)C)CC2)c2ccccc21. The fourth-order valence-corrected chi connectivity index (χ4v) is 5.83. The first-order valence-corrected chi connectivity index (χ1v) is 13.1. The van der Waals surface area contributed by atoms with Crippen LogP contribution >= 0.6 is 0 Å². The van der Waals surface area contributed by atoms with Crippen molar-refractivity contribution in [2.24, 2.45) is 5.41 Å². The molecule has 1 amide bonds. The van der Waals surface area contributed by atoms with Gasteiger partial charge in [-0.2, -0.15) is 0 Å². The lowest BCUT2D eigenvalue weighted by Crippen LogP contribution is -2.47. The topological polar surface area (TPSA) is 23.6 Å². The Labute approximate surface area is 205 Å². The Bertz CT molecular complexity index is 837. The van der Waals surface area contributed by atoms with Gasteiger partial charge in [0.1, 0.15) is 0 Å². The average Bonchev–Trinajstić information content (AvgIpc) is 2.79. The number of alkyl halides is 2. The maximum Gasteiger partial charge on any atom is 0.252 e. The number of piperidine rings is 1. The molecule has 1 aromatic rings. The lowest BCUT2D eigenvalue weighted by Gasteiger charge is -2.49. The van der Waals surface area contributed by atoms with Gasteiger partial charge < -0.3 is 9.80 Å². The zero-order valence-electron chi connectivity index (χ0n) is 21.7. The first-order valence-electron chi connectivity index (χ1n) is 13.1. The van der Waals surface area contributed by atoms with Crippen LogP contribution in [0.25, 0.3) is 0 Å². The molecule has 1 saturated heterocycles. The van der Waals surface area contributed by atoms with Gasteiger partial charge in [-0.05, 0) is 80.6 Å². The molecule has 0 radical (unpaired) electrons. The third-order valence-electron chi connectivity index (χ3n) is 7.96. The molecule has 0 aromatic heterocycles. The zero-order chi connectivity index (χ0) is 25.0. The van der Waals surface area contributed by atoms with E-state index in [9.17, 15) is 13.6 Å². The standard InChI is InChI=1S/C29H44F2N2O/c1-6-14-29(30,31)16-13-26(34)33(7-2)25-12-15-28(24-11-9-8-10-23(24)25)18-21-32(22-19-28)20-17-27(3,4)5/h6,8-11,25H,1,7,12-22H2,2-5H3/t25-/m0/s1. The summed E-state index contributed by atoms with van der Waals surface area (Å²) in [5.41, 5.74) is 3.13. The molecular weight excluding hydrogens is 430 g/mol. The predicted molar refractivity (Wildman–Crippen MR) is 136 cm³/mol. The summed E-state index contributed by atoms with van der Waals surface area (Å²) in [6.07, 6.45) is 5.76. The monoisotopic (exact) mass is 474 g/mol. The minimum absolute atomic E-state index is 0.0220. The molecule has 5 heteroatoms. The molecule has 2 aliphatic rings. The highest BCUT2D eigenvalue weighted by Crippen LogP contribution is 2.49. The van der Waals surface area contributed by atoms with Crippen LogP contribution in [0, 0.1) is 5.41 Å². The van der Waals surface area contributed by atoms with E-state index >= 15 is 0 Å². The summed E-state index contributed by atoms with van der Waals surface area (Å²) in [5.74, 6) is -3.04. The van der Waals surface area contributed by atoms with Crippen LogP contribution in [0.5, 0.6) is 0 Å². The molecule has 1 aliphatic carbocycles. The molecule has 1 heterocycles. The highest BCUT2D eigenvalue weighted by atomic mass is 19.3. The van der Waals surface area contributed by atoms with Gasteiger partial charge in [0.15, 0.2) is 0 Å². The third kappa shape index (κ3) is 6.47. The molecule has 190 valence electrons. The second kappa shape index (κ2) is 10.9. The van der Waals surface area contributed by atoms with E-state index in [4.69, 9.17) is 0 Å². The number of rotatable bonds is 9. The largest absolute Gasteiger partial charge is 0.336 e. The van der Waals surface area contributed by atoms with E-state index in [2.05, 4.69) is 56.5 Å². The zero-order valence-corrected chi connectivity index (χ0v) is 21.7. The van der Waals surface area contributed by atoms with Crippen LogP contribution in [-0.4, -0.2) is 47.8 Å². The molecule has 0 N–H and O–H groups in total. The van der Waals surface area contributed by atoms with Crippen molar-refractivity contribution in [2.45, 2.75) is 96.4 Å². The molecule has 1 atom stereocenters. The Hall–Kier alpha value is -1.75. The molecule has 0 unspecified atom stereocenters. The number of likely N-dealkylation sites (tertiary alicyclic amines) is 1. The average molecular weight is 475 g/mol. The number of halogens is 2. The van der Waals surface area contributed by atoms with Crippen molar-refractivity contribution >= 4 is 5.91 Å². The van der Waals surface area contributed by atoms with Crippen LogP contribution < -0.4 is 0 Å². The molecule has 3 rings (SSSR count). The maximum atomic E-state index is 14.0. The number of benzene rings is 1. The van der Waals surface area contributed by atoms with Crippen molar-refractivity contribution in [3.63, 3.8) is 0 Å². The molecule has 3 nitrogen and oxygen atoms in total. The number of hydrogen-bond donors (Lipinski definition) is 0. The Morgan fingerprint density at radius 3 is 2.47 bits per heavy atom. The second-order valence-electron chi connectivity index (χ2n) is 11.6. The molecule has 1 aromatic carbocycles.